The summed E-state index contributed by atoms with van der Waals surface area (Å²) in [6.45, 7) is 10.0. The molecule has 29 heavy (non-hydrogen) atoms. The van der Waals surface area contributed by atoms with Gasteiger partial charge in [0.15, 0.2) is 0 Å². The van der Waals surface area contributed by atoms with Gasteiger partial charge in [-0.2, -0.15) is 0 Å². The maximum atomic E-state index is 11.3. The van der Waals surface area contributed by atoms with Gasteiger partial charge in [0.2, 0.25) is 5.91 Å². The zero-order valence-corrected chi connectivity index (χ0v) is 18.9. The van der Waals surface area contributed by atoms with Crippen LogP contribution >= 0.6 is 0 Å². The van der Waals surface area contributed by atoms with Crippen LogP contribution in [-0.4, -0.2) is 74.7 Å². The van der Waals surface area contributed by atoms with Gasteiger partial charge in [0, 0.05) is 46.8 Å². The summed E-state index contributed by atoms with van der Waals surface area (Å²) in [4.78, 5) is 35.6. The van der Waals surface area contributed by atoms with Crippen molar-refractivity contribution in [3.63, 3.8) is 0 Å². The van der Waals surface area contributed by atoms with Gasteiger partial charge in [-0.05, 0) is 45.8 Å². The van der Waals surface area contributed by atoms with Crippen LogP contribution in [0.5, 0.6) is 0 Å². The number of amides is 1. The summed E-state index contributed by atoms with van der Waals surface area (Å²) in [6.07, 6.45) is 5.36. The average Bonchev–Trinajstić information content (AvgIpc) is 2.60. The summed E-state index contributed by atoms with van der Waals surface area (Å²) >= 11 is 0. The van der Waals surface area contributed by atoms with Crippen molar-refractivity contribution in [1.29, 1.82) is 0 Å². The van der Waals surface area contributed by atoms with Gasteiger partial charge in [-0.25, -0.2) is 0 Å². The first kappa shape index (κ1) is 27.3. The van der Waals surface area contributed by atoms with Crippen LogP contribution in [0.15, 0.2) is 0 Å². The average molecular weight is 416 g/mol. The van der Waals surface area contributed by atoms with Crippen molar-refractivity contribution < 1.29 is 23.9 Å². The summed E-state index contributed by atoms with van der Waals surface area (Å²) in [6, 6.07) is 0. The van der Waals surface area contributed by atoms with Crippen molar-refractivity contribution in [1.82, 2.24) is 15.5 Å². The van der Waals surface area contributed by atoms with Crippen LogP contribution in [-0.2, 0) is 23.9 Å². The van der Waals surface area contributed by atoms with Crippen LogP contribution in [0.3, 0.4) is 0 Å². The highest BCUT2D eigenvalue weighted by molar-refractivity contribution is 5.72. The van der Waals surface area contributed by atoms with E-state index in [9.17, 15) is 14.4 Å². The van der Waals surface area contributed by atoms with E-state index < -0.39 is 0 Å². The Balaban J connectivity index is 4.03. The smallest absolute Gasteiger partial charge is 0.302 e. The van der Waals surface area contributed by atoms with Crippen LogP contribution < -0.4 is 10.6 Å². The van der Waals surface area contributed by atoms with Gasteiger partial charge < -0.3 is 25.0 Å². The van der Waals surface area contributed by atoms with E-state index in [4.69, 9.17) is 9.47 Å². The predicted octanol–water partition coefficient (Wildman–Crippen LogP) is 1.87. The second kappa shape index (κ2) is 17.2. The molecule has 0 heterocycles. The summed E-state index contributed by atoms with van der Waals surface area (Å²) in [7, 11) is 2.00. The molecular formula is C21H41N3O5. The Bertz CT molecular complexity index is 473. The van der Waals surface area contributed by atoms with Gasteiger partial charge in [-0.3, -0.25) is 14.4 Å². The van der Waals surface area contributed by atoms with Crippen molar-refractivity contribution >= 4 is 17.8 Å². The lowest BCUT2D eigenvalue weighted by molar-refractivity contribution is -0.148. The summed E-state index contributed by atoms with van der Waals surface area (Å²) in [5, 5.41) is 6.11. The van der Waals surface area contributed by atoms with E-state index in [-0.39, 0.29) is 30.1 Å². The maximum absolute atomic E-state index is 11.3. The minimum absolute atomic E-state index is 0.0526. The molecule has 0 spiro atoms. The SMILES string of the molecule is CCCC[C@@H](CNCCCCN(C)C[C@H](CCNC(C)=O)OC(C)=O)OC(C)=O. The Morgan fingerprint density at radius 2 is 1.55 bits per heavy atom. The van der Waals surface area contributed by atoms with Gasteiger partial charge >= 0.3 is 11.9 Å². The molecule has 8 heteroatoms. The molecular weight excluding hydrogens is 374 g/mol. The summed E-state index contributed by atoms with van der Waals surface area (Å²) in [5.74, 6) is -0.616. The number of nitrogens with zero attached hydrogens (tertiary/aromatic N) is 1. The Hall–Kier alpha value is -1.67. The third-order valence-corrected chi connectivity index (χ3v) is 4.42. The molecule has 0 rings (SSSR count). The lowest BCUT2D eigenvalue weighted by Crippen LogP contribution is -2.36. The van der Waals surface area contributed by atoms with Crippen LogP contribution in [0.4, 0.5) is 0 Å². The Morgan fingerprint density at radius 3 is 2.14 bits per heavy atom. The molecule has 0 saturated carbocycles. The number of nitrogens with one attached hydrogen (secondary N) is 2. The molecule has 0 fully saturated rings. The zero-order chi connectivity index (χ0) is 22.1. The fraction of sp³-hybridized carbons (Fsp3) is 0.857. The van der Waals surface area contributed by atoms with Gasteiger partial charge in [0.05, 0.1) is 0 Å². The van der Waals surface area contributed by atoms with Crippen molar-refractivity contribution in [3.8, 4) is 0 Å². The minimum atomic E-state index is -0.305. The van der Waals surface area contributed by atoms with E-state index in [2.05, 4.69) is 22.5 Å². The fourth-order valence-corrected chi connectivity index (χ4v) is 3.03. The standard InChI is InChI=1S/C21H41N3O5/c1-6-7-10-20(28-18(3)26)15-22-12-8-9-14-24(5)16-21(29-19(4)27)11-13-23-17(2)25/h20-22H,6-16H2,1-5H3,(H,23,25)/t20-,21-/m0/s1. The van der Waals surface area contributed by atoms with E-state index in [1.165, 1.54) is 20.8 Å². The van der Waals surface area contributed by atoms with Crippen molar-refractivity contribution in [2.45, 2.75) is 78.4 Å². The van der Waals surface area contributed by atoms with E-state index in [1.807, 2.05) is 7.05 Å². The van der Waals surface area contributed by atoms with Crippen molar-refractivity contribution in [2.75, 3.05) is 39.8 Å². The van der Waals surface area contributed by atoms with Crippen LogP contribution in [0.25, 0.3) is 0 Å². The zero-order valence-electron chi connectivity index (χ0n) is 18.9. The second-order valence-electron chi connectivity index (χ2n) is 7.55. The van der Waals surface area contributed by atoms with Crippen LogP contribution in [0.2, 0.25) is 0 Å². The molecule has 0 aliphatic heterocycles. The van der Waals surface area contributed by atoms with Crippen molar-refractivity contribution in [2.24, 2.45) is 0 Å². The van der Waals surface area contributed by atoms with Crippen LogP contribution in [0.1, 0.15) is 66.2 Å². The molecule has 0 aliphatic rings. The molecule has 0 aromatic rings. The largest absolute Gasteiger partial charge is 0.461 e. The molecule has 170 valence electrons. The first-order valence-corrected chi connectivity index (χ1v) is 10.7. The number of hydrogen-bond donors (Lipinski definition) is 2. The Kier molecular flexibility index (Phi) is 16.2. The summed E-state index contributed by atoms with van der Waals surface area (Å²) < 4.78 is 10.7. The molecule has 2 N–H and O–H groups in total. The lowest BCUT2D eigenvalue weighted by atomic mass is 10.1. The first-order chi connectivity index (χ1) is 13.7. The molecule has 1 amide bonds. The molecule has 2 atom stereocenters. The molecule has 0 unspecified atom stereocenters. The molecule has 0 bridgehead atoms. The highest BCUT2D eigenvalue weighted by Gasteiger charge is 2.15. The third kappa shape index (κ3) is 18.1. The topological polar surface area (TPSA) is 97.0 Å². The van der Waals surface area contributed by atoms with Crippen LogP contribution in [0, 0.1) is 0 Å². The Labute approximate surface area is 176 Å². The molecule has 0 saturated heterocycles. The molecule has 8 nitrogen and oxygen atoms in total. The first-order valence-electron chi connectivity index (χ1n) is 10.7. The highest BCUT2D eigenvalue weighted by Crippen LogP contribution is 2.05. The molecule has 0 aromatic heterocycles. The number of rotatable bonds is 17. The number of esters is 2. The number of carbonyl (C=O) groups is 3. The van der Waals surface area contributed by atoms with Crippen molar-refractivity contribution in [3.05, 3.63) is 0 Å². The van der Waals surface area contributed by atoms with E-state index in [0.29, 0.717) is 26.1 Å². The second-order valence-corrected chi connectivity index (χ2v) is 7.55. The number of ether oxygens (including phenoxy) is 2. The Morgan fingerprint density at radius 1 is 0.897 bits per heavy atom. The number of likely N-dealkylation sites (N-methyl/N-ethyl adjacent to an activating group) is 1. The number of hydrogen-bond acceptors (Lipinski definition) is 7. The normalized spacial score (nSPS) is 13.0. The quantitative estimate of drug-likeness (QED) is 0.276. The van der Waals surface area contributed by atoms with Gasteiger partial charge in [0.1, 0.15) is 12.2 Å². The maximum Gasteiger partial charge on any atom is 0.302 e. The third-order valence-electron chi connectivity index (χ3n) is 4.42. The molecule has 0 aliphatic carbocycles. The summed E-state index contributed by atoms with van der Waals surface area (Å²) in [5.41, 5.74) is 0. The van der Waals surface area contributed by atoms with Gasteiger partial charge in [-0.15, -0.1) is 0 Å². The number of unbranched alkanes of at least 4 members (excludes halogenated alkanes) is 2. The predicted molar refractivity (Wildman–Crippen MR) is 114 cm³/mol. The fourth-order valence-electron chi connectivity index (χ4n) is 3.03. The van der Waals surface area contributed by atoms with E-state index in [1.54, 1.807) is 0 Å². The van der Waals surface area contributed by atoms with E-state index in [0.717, 1.165) is 45.2 Å². The minimum Gasteiger partial charge on any atom is -0.461 e. The van der Waals surface area contributed by atoms with Gasteiger partial charge in [-0.1, -0.05) is 13.3 Å². The number of carbonyl (C=O) groups excluding carboxylic acids is 3. The molecule has 0 aromatic carbocycles. The van der Waals surface area contributed by atoms with E-state index >= 15 is 0 Å². The lowest BCUT2D eigenvalue weighted by Gasteiger charge is -2.24. The monoisotopic (exact) mass is 415 g/mol. The van der Waals surface area contributed by atoms with Gasteiger partial charge in [0.25, 0.3) is 0 Å². The molecule has 0 radical (unpaired) electrons. The highest BCUT2D eigenvalue weighted by atomic mass is 16.5.